The molecule has 1 aromatic carbocycles. The van der Waals surface area contributed by atoms with Crippen molar-refractivity contribution >= 4 is 33.0 Å². The molecule has 6 N–H and O–H groups in total. The minimum Gasteiger partial charge on any atom is -0.375 e. The van der Waals surface area contributed by atoms with E-state index in [2.05, 4.69) is 12.2 Å². The highest BCUT2D eigenvalue weighted by Gasteiger charge is 2.17. The molecule has 82 valence electrons. The average Bonchev–Trinajstić information content (AvgIpc) is 2.15. The quantitative estimate of drug-likeness (QED) is 0.359. The summed E-state index contributed by atoms with van der Waals surface area (Å²) in [5.74, 6) is 5.48. The fourth-order valence-corrected chi connectivity index (χ4v) is 1.84. The maximum absolute atomic E-state index is 11.2. The smallest absolute Gasteiger partial charge is 0.240 e. The van der Waals surface area contributed by atoms with Gasteiger partial charge in [-0.05, 0) is 24.4 Å². The molecule has 8 heteroatoms. The lowest BCUT2D eigenvalue weighted by Gasteiger charge is -2.18. The lowest BCUT2D eigenvalue weighted by molar-refractivity contribution is 0.598. The Bertz CT molecular complexity index is 486. The summed E-state index contributed by atoms with van der Waals surface area (Å²) in [6, 6.07) is 5.90. The van der Waals surface area contributed by atoms with Gasteiger partial charge in [-0.15, -0.1) is 0 Å². The molecule has 0 aromatic heterocycles. The Hall–Kier alpha value is -1.22. The van der Waals surface area contributed by atoms with Crippen molar-refractivity contribution in [1.82, 2.24) is 0 Å². The van der Waals surface area contributed by atoms with Crippen LogP contribution in [0.4, 0.5) is 5.69 Å². The lowest BCUT2D eigenvalue weighted by Crippen LogP contribution is -2.42. The first-order valence-corrected chi connectivity index (χ1v) is 5.75. The molecule has 0 radical (unpaired) electrons. The SMILES string of the molecule is NC(=S)N(N)c1ccccc1S(N)(=O)=O. The van der Waals surface area contributed by atoms with Crippen LogP contribution in [0.3, 0.4) is 0 Å². The predicted molar refractivity (Wildman–Crippen MR) is 61.3 cm³/mol. The third-order valence-corrected chi connectivity index (χ3v) is 2.82. The van der Waals surface area contributed by atoms with Gasteiger partial charge in [0.1, 0.15) is 4.90 Å². The molecule has 15 heavy (non-hydrogen) atoms. The van der Waals surface area contributed by atoms with E-state index in [9.17, 15) is 8.42 Å². The second-order valence-corrected chi connectivity index (χ2v) is 4.67. The number of rotatable bonds is 2. The van der Waals surface area contributed by atoms with Crippen LogP contribution in [-0.2, 0) is 10.0 Å². The van der Waals surface area contributed by atoms with Gasteiger partial charge in [0, 0.05) is 0 Å². The molecule has 1 rings (SSSR count). The molecule has 1 aromatic rings. The van der Waals surface area contributed by atoms with Gasteiger partial charge in [0.2, 0.25) is 10.0 Å². The molecular formula is C7H10N4O2S2. The summed E-state index contributed by atoms with van der Waals surface area (Å²) in [6.45, 7) is 0. The van der Waals surface area contributed by atoms with Gasteiger partial charge in [-0.3, -0.25) is 5.01 Å². The molecule has 0 saturated carbocycles. The summed E-state index contributed by atoms with van der Waals surface area (Å²) in [7, 11) is -3.85. The molecule has 6 nitrogen and oxygen atoms in total. The van der Waals surface area contributed by atoms with Crippen molar-refractivity contribution in [2.24, 2.45) is 16.7 Å². The highest BCUT2D eigenvalue weighted by atomic mass is 32.2. The van der Waals surface area contributed by atoms with Crippen LogP contribution in [0.25, 0.3) is 0 Å². The van der Waals surface area contributed by atoms with Crippen LogP contribution in [0.1, 0.15) is 0 Å². The molecule has 0 unspecified atom stereocenters. The number of para-hydroxylation sites is 1. The van der Waals surface area contributed by atoms with Crippen LogP contribution in [0.15, 0.2) is 29.2 Å². The predicted octanol–water partition coefficient (Wildman–Crippen LogP) is -0.742. The first kappa shape index (κ1) is 11.9. The lowest BCUT2D eigenvalue weighted by atomic mass is 10.3. The number of anilines is 1. The molecule has 0 aliphatic rings. The van der Waals surface area contributed by atoms with Gasteiger partial charge in [-0.1, -0.05) is 12.1 Å². The van der Waals surface area contributed by atoms with Crippen LogP contribution in [0, 0.1) is 0 Å². The van der Waals surface area contributed by atoms with Crippen molar-refractivity contribution in [3.63, 3.8) is 0 Å². The largest absolute Gasteiger partial charge is 0.375 e. The van der Waals surface area contributed by atoms with Gasteiger partial charge in [0.25, 0.3) is 0 Å². The van der Waals surface area contributed by atoms with Gasteiger partial charge in [-0.25, -0.2) is 19.4 Å². The number of nitrogens with zero attached hydrogens (tertiary/aromatic N) is 1. The number of sulfonamides is 1. The highest BCUT2D eigenvalue weighted by Crippen LogP contribution is 2.21. The van der Waals surface area contributed by atoms with E-state index in [0.29, 0.717) is 0 Å². The summed E-state index contributed by atoms with van der Waals surface area (Å²) in [5.41, 5.74) is 5.42. The summed E-state index contributed by atoms with van der Waals surface area (Å²) >= 11 is 4.63. The van der Waals surface area contributed by atoms with Gasteiger partial charge in [0.15, 0.2) is 5.11 Å². The van der Waals surface area contributed by atoms with Crippen molar-refractivity contribution in [3.05, 3.63) is 24.3 Å². The molecular weight excluding hydrogens is 236 g/mol. The zero-order chi connectivity index (χ0) is 11.6. The summed E-state index contributed by atoms with van der Waals surface area (Å²) in [5, 5.41) is 5.74. The Morgan fingerprint density at radius 2 is 1.87 bits per heavy atom. The van der Waals surface area contributed by atoms with Crippen LogP contribution in [0.2, 0.25) is 0 Å². The molecule has 0 bridgehead atoms. The number of nitrogens with two attached hydrogens (primary N) is 3. The minimum absolute atomic E-state index is 0.125. The first-order valence-electron chi connectivity index (χ1n) is 3.80. The normalized spacial score (nSPS) is 11.1. The van der Waals surface area contributed by atoms with E-state index in [1.807, 2.05) is 0 Å². The standard InChI is InChI=1S/C7H10N4O2S2/c8-7(14)11(9)5-3-1-2-4-6(5)15(10,12)13/h1-4H,9H2,(H2,8,14)(H2,10,12,13). The summed E-state index contributed by atoms with van der Waals surface area (Å²) in [6.07, 6.45) is 0. The van der Waals surface area contributed by atoms with Gasteiger partial charge >= 0.3 is 0 Å². The molecule has 0 spiro atoms. The van der Waals surface area contributed by atoms with Gasteiger partial charge in [0.05, 0.1) is 5.69 Å². The van der Waals surface area contributed by atoms with Gasteiger partial charge < -0.3 is 5.73 Å². The zero-order valence-electron chi connectivity index (χ0n) is 7.62. The third-order valence-electron chi connectivity index (χ3n) is 1.67. The maximum Gasteiger partial charge on any atom is 0.240 e. The van der Waals surface area contributed by atoms with Crippen molar-refractivity contribution in [2.45, 2.75) is 4.90 Å². The van der Waals surface area contributed by atoms with Crippen LogP contribution >= 0.6 is 12.2 Å². The number of benzene rings is 1. The van der Waals surface area contributed by atoms with E-state index < -0.39 is 10.0 Å². The molecule has 0 atom stereocenters. The van der Waals surface area contributed by atoms with Crippen LogP contribution in [0.5, 0.6) is 0 Å². The summed E-state index contributed by atoms with van der Waals surface area (Å²) in [4.78, 5) is -0.125. The monoisotopic (exact) mass is 246 g/mol. The van der Waals surface area contributed by atoms with Crippen LogP contribution < -0.4 is 21.7 Å². The van der Waals surface area contributed by atoms with Crippen molar-refractivity contribution < 1.29 is 8.42 Å². The third kappa shape index (κ3) is 2.63. The number of primary sulfonamides is 1. The number of thiocarbonyl (C=S) groups is 1. The molecule has 0 aliphatic carbocycles. The molecule has 0 fully saturated rings. The Kier molecular flexibility index (Phi) is 3.25. The summed E-state index contributed by atoms with van der Waals surface area (Å²) < 4.78 is 22.4. The second-order valence-electron chi connectivity index (χ2n) is 2.72. The molecule has 0 heterocycles. The van der Waals surface area contributed by atoms with Crippen molar-refractivity contribution in [3.8, 4) is 0 Å². The van der Waals surface area contributed by atoms with E-state index >= 15 is 0 Å². The van der Waals surface area contributed by atoms with Crippen LogP contribution in [-0.4, -0.2) is 13.5 Å². The Labute approximate surface area is 92.7 Å². The topological polar surface area (TPSA) is 115 Å². The Morgan fingerprint density at radius 3 is 2.33 bits per heavy atom. The number of hydrogen-bond donors (Lipinski definition) is 3. The fourth-order valence-electron chi connectivity index (χ4n) is 1.02. The van der Waals surface area contributed by atoms with E-state index in [-0.39, 0.29) is 15.7 Å². The van der Waals surface area contributed by atoms with Crippen molar-refractivity contribution in [1.29, 1.82) is 0 Å². The molecule has 0 amide bonds. The minimum atomic E-state index is -3.85. The number of hydrazine groups is 1. The number of hydrogen-bond acceptors (Lipinski definition) is 4. The second kappa shape index (κ2) is 4.11. The average molecular weight is 246 g/mol. The molecule has 0 saturated heterocycles. The van der Waals surface area contributed by atoms with Gasteiger partial charge in [-0.2, -0.15) is 0 Å². The van der Waals surface area contributed by atoms with Crippen molar-refractivity contribution in [2.75, 3.05) is 5.01 Å². The Morgan fingerprint density at radius 1 is 1.33 bits per heavy atom. The zero-order valence-corrected chi connectivity index (χ0v) is 9.25. The van der Waals surface area contributed by atoms with E-state index in [1.165, 1.54) is 18.2 Å². The Balaban J connectivity index is 3.37. The first-order chi connectivity index (χ1) is 6.84. The van der Waals surface area contributed by atoms with E-state index in [4.69, 9.17) is 16.7 Å². The van der Waals surface area contributed by atoms with E-state index in [0.717, 1.165) is 5.01 Å². The fraction of sp³-hybridized carbons (Fsp3) is 0. The molecule has 0 aliphatic heterocycles. The van der Waals surface area contributed by atoms with E-state index in [1.54, 1.807) is 6.07 Å². The maximum atomic E-state index is 11.2. The highest BCUT2D eigenvalue weighted by molar-refractivity contribution is 7.89.